The highest BCUT2D eigenvalue weighted by molar-refractivity contribution is 6.31. The van der Waals surface area contributed by atoms with Gasteiger partial charge in [0.1, 0.15) is 6.10 Å². The molecule has 0 bridgehead atoms. The Labute approximate surface area is 186 Å². The zero-order valence-corrected chi connectivity index (χ0v) is 18.5. The second-order valence-electron chi connectivity index (χ2n) is 7.37. The number of likely N-dealkylation sites (tertiary alicyclic amines) is 1. The number of carbonyl (C=O) groups excluding carboxylic acids is 2. The van der Waals surface area contributed by atoms with Gasteiger partial charge in [-0.2, -0.15) is 0 Å². The van der Waals surface area contributed by atoms with Gasteiger partial charge in [0.2, 0.25) is 5.91 Å². The standard InChI is InChI=1S/C23H25Cl2NO4/c1-3-29-23(28)15(2)12-21(27)26-13-18(14-26)30-22(16-8-10-17(24)11-9-16)19-6-4-5-7-20(19)25/h4-11,15,18,22H,3,12-14H2,1-2H3. The van der Waals surface area contributed by atoms with Gasteiger partial charge in [-0.05, 0) is 30.7 Å². The Kier molecular flexibility index (Phi) is 7.75. The minimum Gasteiger partial charge on any atom is -0.466 e. The normalized spacial score (nSPS) is 15.9. The predicted octanol–water partition coefficient (Wildman–Crippen LogP) is 4.90. The van der Waals surface area contributed by atoms with Crippen molar-refractivity contribution < 1.29 is 19.1 Å². The molecule has 0 saturated carbocycles. The van der Waals surface area contributed by atoms with Crippen LogP contribution in [0.5, 0.6) is 0 Å². The minimum absolute atomic E-state index is 0.0730. The van der Waals surface area contributed by atoms with Crippen molar-refractivity contribution in [1.29, 1.82) is 0 Å². The van der Waals surface area contributed by atoms with Crippen molar-refractivity contribution in [1.82, 2.24) is 4.90 Å². The summed E-state index contributed by atoms with van der Waals surface area (Å²) in [4.78, 5) is 25.9. The molecule has 0 spiro atoms. The van der Waals surface area contributed by atoms with Gasteiger partial charge in [-0.15, -0.1) is 0 Å². The van der Waals surface area contributed by atoms with E-state index in [1.165, 1.54) is 0 Å². The van der Waals surface area contributed by atoms with Crippen molar-refractivity contribution >= 4 is 35.1 Å². The smallest absolute Gasteiger partial charge is 0.309 e. The molecular weight excluding hydrogens is 425 g/mol. The Bertz CT molecular complexity index is 881. The van der Waals surface area contributed by atoms with Gasteiger partial charge in [-0.25, -0.2) is 0 Å². The number of carbonyl (C=O) groups is 2. The van der Waals surface area contributed by atoms with Crippen LogP contribution in [0.3, 0.4) is 0 Å². The molecule has 0 aliphatic carbocycles. The molecule has 0 aromatic heterocycles. The van der Waals surface area contributed by atoms with Gasteiger partial charge >= 0.3 is 5.97 Å². The molecule has 5 nitrogen and oxygen atoms in total. The summed E-state index contributed by atoms with van der Waals surface area (Å²) in [5.41, 5.74) is 1.80. The average Bonchev–Trinajstić information content (AvgIpc) is 2.69. The minimum atomic E-state index is -0.456. The fraction of sp³-hybridized carbons (Fsp3) is 0.391. The number of hydrogen-bond donors (Lipinski definition) is 0. The van der Waals surface area contributed by atoms with Gasteiger partial charge in [0.15, 0.2) is 0 Å². The molecule has 1 heterocycles. The Morgan fingerprint density at radius 1 is 1.10 bits per heavy atom. The van der Waals surface area contributed by atoms with Gasteiger partial charge in [-0.3, -0.25) is 9.59 Å². The number of ether oxygens (including phenoxy) is 2. The van der Waals surface area contributed by atoms with E-state index in [1.807, 2.05) is 48.5 Å². The first kappa shape index (κ1) is 22.6. The van der Waals surface area contributed by atoms with Gasteiger partial charge in [-0.1, -0.05) is 60.5 Å². The Morgan fingerprint density at radius 2 is 1.77 bits per heavy atom. The van der Waals surface area contributed by atoms with Crippen LogP contribution >= 0.6 is 23.2 Å². The van der Waals surface area contributed by atoms with Crippen molar-refractivity contribution in [2.45, 2.75) is 32.5 Å². The molecule has 1 aliphatic rings. The molecule has 1 fully saturated rings. The maximum absolute atomic E-state index is 12.4. The van der Waals surface area contributed by atoms with Crippen LogP contribution in [0, 0.1) is 5.92 Å². The zero-order valence-electron chi connectivity index (χ0n) is 17.0. The molecule has 160 valence electrons. The monoisotopic (exact) mass is 449 g/mol. The third-order valence-electron chi connectivity index (χ3n) is 5.06. The van der Waals surface area contributed by atoms with Crippen LogP contribution in [0.2, 0.25) is 10.0 Å². The van der Waals surface area contributed by atoms with Crippen LogP contribution in [-0.2, 0) is 19.1 Å². The lowest BCUT2D eigenvalue weighted by Crippen LogP contribution is -2.55. The van der Waals surface area contributed by atoms with Gasteiger partial charge in [0.05, 0.1) is 18.6 Å². The number of amides is 1. The maximum Gasteiger partial charge on any atom is 0.309 e. The molecule has 3 rings (SSSR count). The third kappa shape index (κ3) is 5.54. The van der Waals surface area contributed by atoms with Crippen LogP contribution in [0.15, 0.2) is 48.5 Å². The van der Waals surface area contributed by atoms with Crippen molar-refractivity contribution in [2.75, 3.05) is 19.7 Å². The second kappa shape index (κ2) is 10.3. The molecule has 2 aromatic carbocycles. The average molecular weight is 450 g/mol. The summed E-state index contributed by atoms with van der Waals surface area (Å²) in [6.07, 6.45) is -0.350. The van der Waals surface area contributed by atoms with Crippen molar-refractivity contribution in [2.24, 2.45) is 5.92 Å². The van der Waals surface area contributed by atoms with Gasteiger partial charge < -0.3 is 14.4 Å². The topological polar surface area (TPSA) is 55.8 Å². The Hall–Kier alpha value is -2.08. The van der Waals surface area contributed by atoms with Crippen LogP contribution in [0.4, 0.5) is 0 Å². The third-order valence-corrected chi connectivity index (χ3v) is 5.66. The first-order chi connectivity index (χ1) is 14.4. The Balaban J connectivity index is 1.63. The fourth-order valence-corrected chi connectivity index (χ4v) is 3.70. The van der Waals surface area contributed by atoms with Crippen LogP contribution < -0.4 is 0 Å². The number of benzene rings is 2. The molecule has 0 radical (unpaired) electrons. The molecule has 30 heavy (non-hydrogen) atoms. The summed E-state index contributed by atoms with van der Waals surface area (Å²) in [5.74, 6) is -0.876. The predicted molar refractivity (Wildman–Crippen MR) is 117 cm³/mol. The summed E-state index contributed by atoms with van der Waals surface area (Å²) < 4.78 is 11.3. The van der Waals surface area contributed by atoms with Gasteiger partial charge in [0.25, 0.3) is 0 Å². The van der Waals surface area contributed by atoms with Crippen molar-refractivity contribution in [3.63, 3.8) is 0 Å². The van der Waals surface area contributed by atoms with Gasteiger partial charge in [0, 0.05) is 35.1 Å². The first-order valence-corrected chi connectivity index (χ1v) is 10.7. The lowest BCUT2D eigenvalue weighted by molar-refractivity contribution is -0.155. The Morgan fingerprint density at radius 3 is 2.40 bits per heavy atom. The lowest BCUT2D eigenvalue weighted by atomic mass is 10.00. The maximum atomic E-state index is 12.4. The van der Waals surface area contributed by atoms with E-state index in [2.05, 4.69) is 0 Å². The largest absolute Gasteiger partial charge is 0.466 e. The molecule has 1 amide bonds. The van der Waals surface area contributed by atoms with E-state index in [0.29, 0.717) is 29.7 Å². The molecular formula is C23H25Cl2NO4. The number of rotatable bonds is 8. The highest BCUT2D eigenvalue weighted by Gasteiger charge is 2.35. The lowest BCUT2D eigenvalue weighted by Gasteiger charge is -2.41. The summed E-state index contributed by atoms with van der Waals surface area (Å²) in [6, 6.07) is 15.0. The molecule has 1 saturated heterocycles. The molecule has 2 aromatic rings. The van der Waals surface area contributed by atoms with E-state index in [-0.39, 0.29) is 30.5 Å². The van der Waals surface area contributed by atoms with E-state index in [9.17, 15) is 9.59 Å². The first-order valence-electron chi connectivity index (χ1n) is 9.98. The van der Waals surface area contributed by atoms with E-state index in [0.717, 1.165) is 11.1 Å². The highest BCUT2D eigenvalue weighted by Crippen LogP contribution is 2.34. The molecule has 2 atom stereocenters. The number of hydrogen-bond acceptors (Lipinski definition) is 4. The summed E-state index contributed by atoms with van der Waals surface area (Å²) in [7, 11) is 0. The van der Waals surface area contributed by atoms with Crippen LogP contribution in [-0.4, -0.2) is 42.6 Å². The second-order valence-corrected chi connectivity index (χ2v) is 8.21. The fourth-order valence-electron chi connectivity index (χ4n) is 3.34. The summed E-state index contributed by atoms with van der Waals surface area (Å²) in [6.45, 7) is 4.72. The highest BCUT2D eigenvalue weighted by atomic mass is 35.5. The number of esters is 1. The quantitative estimate of drug-likeness (QED) is 0.537. The van der Waals surface area contributed by atoms with E-state index in [1.54, 1.807) is 18.7 Å². The summed E-state index contributed by atoms with van der Waals surface area (Å²) >= 11 is 12.5. The zero-order chi connectivity index (χ0) is 21.7. The molecule has 7 heteroatoms. The number of halogens is 2. The molecule has 0 N–H and O–H groups in total. The summed E-state index contributed by atoms with van der Waals surface area (Å²) in [5, 5.41) is 1.26. The van der Waals surface area contributed by atoms with E-state index >= 15 is 0 Å². The van der Waals surface area contributed by atoms with Crippen molar-refractivity contribution in [3.05, 3.63) is 69.7 Å². The number of nitrogens with zero attached hydrogens (tertiary/aromatic N) is 1. The van der Waals surface area contributed by atoms with E-state index in [4.69, 9.17) is 32.7 Å². The molecule has 1 aliphatic heterocycles. The van der Waals surface area contributed by atoms with Crippen LogP contribution in [0.25, 0.3) is 0 Å². The SMILES string of the molecule is CCOC(=O)C(C)CC(=O)N1CC(OC(c2ccc(Cl)cc2)c2ccccc2Cl)C1. The molecule has 2 unspecified atom stereocenters. The van der Waals surface area contributed by atoms with E-state index < -0.39 is 5.92 Å². The van der Waals surface area contributed by atoms with Crippen LogP contribution in [0.1, 0.15) is 37.5 Å². The van der Waals surface area contributed by atoms with Crippen molar-refractivity contribution in [3.8, 4) is 0 Å².